The van der Waals surface area contributed by atoms with Crippen molar-refractivity contribution in [2.24, 2.45) is 5.92 Å². The molecule has 1 amide bonds. The number of piperidine rings is 1. The number of halogens is 3. The van der Waals surface area contributed by atoms with Gasteiger partial charge in [0.1, 0.15) is 5.69 Å². The van der Waals surface area contributed by atoms with Gasteiger partial charge in [0.05, 0.1) is 22.1 Å². The molecule has 2 aromatic heterocycles. The maximum Gasteiger partial charge on any atom is 0.452 e. The van der Waals surface area contributed by atoms with Crippen LogP contribution in [0.4, 0.5) is 13.2 Å². The number of carbonyl (C=O) groups is 1. The van der Waals surface area contributed by atoms with Gasteiger partial charge in [0.15, 0.2) is 0 Å². The van der Waals surface area contributed by atoms with Gasteiger partial charge in [-0.15, -0.1) is 11.3 Å². The van der Waals surface area contributed by atoms with Gasteiger partial charge < -0.3 is 14.2 Å². The monoisotopic (exact) mass is 414 g/mol. The van der Waals surface area contributed by atoms with Gasteiger partial charge in [-0.2, -0.15) is 13.2 Å². The second kappa shape index (κ2) is 7.98. The molecule has 0 aromatic carbocycles. The second-order valence-electron chi connectivity index (χ2n) is 6.64. The molecule has 1 aliphatic rings. The molecule has 1 atom stereocenters. The summed E-state index contributed by atoms with van der Waals surface area (Å²) in [4.78, 5) is 15.5. The van der Waals surface area contributed by atoms with Crippen molar-refractivity contribution < 1.29 is 27.2 Å². The molecule has 0 N–H and O–H groups in total. The van der Waals surface area contributed by atoms with E-state index >= 15 is 0 Å². The van der Waals surface area contributed by atoms with Crippen molar-refractivity contribution in [3.8, 4) is 10.6 Å². The largest absolute Gasteiger partial charge is 0.498 e. The first kappa shape index (κ1) is 20.4. The summed E-state index contributed by atoms with van der Waals surface area (Å²) in [6.07, 6.45) is -2.84. The minimum atomic E-state index is -4.60. The van der Waals surface area contributed by atoms with E-state index in [-0.39, 0.29) is 23.1 Å². The molecule has 1 fully saturated rings. The summed E-state index contributed by atoms with van der Waals surface area (Å²) in [6.45, 7) is 8.83. The van der Waals surface area contributed by atoms with Gasteiger partial charge in [0.25, 0.3) is 5.91 Å². The molecule has 0 bridgehead atoms. The molecule has 3 heterocycles. The summed E-state index contributed by atoms with van der Waals surface area (Å²) in [7, 11) is 0. The minimum absolute atomic E-state index is 0.0839. The Morgan fingerprint density at radius 1 is 1.46 bits per heavy atom. The van der Waals surface area contributed by atoms with Crippen molar-refractivity contribution in [3.05, 3.63) is 40.7 Å². The molecule has 3 rings (SSSR count). The molecule has 2 aromatic rings. The smallest absolute Gasteiger partial charge is 0.452 e. The van der Waals surface area contributed by atoms with Crippen LogP contribution < -0.4 is 0 Å². The van der Waals surface area contributed by atoms with Crippen LogP contribution in [-0.4, -0.2) is 35.7 Å². The molecule has 5 nitrogen and oxygen atoms in total. The first-order valence-electron chi connectivity index (χ1n) is 8.97. The van der Waals surface area contributed by atoms with E-state index in [0.717, 1.165) is 24.2 Å². The van der Waals surface area contributed by atoms with E-state index in [2.05, 4.69) is 16.3 Å². The number of amides is 1. The van der Waals surface area contributed by atoms with E-state index in [0.29, 0.717) is 35.2 Å². The lowest BCUT2D eigenvalue weighted by Crippen LogP contribution is -2.40. The molecule has 1 saturated heterocycles. The Balaban J connectivity index is 1.76. The SMILES string of the molecule is C=C(OCC)[C@@H]1CCCN(C(=O)c2ccc(-c3noc(C(F)(F)F)c3C)s2)C1. The predicted octanol–water partition coefficient (Wildman–Crippen LogP) is 5.13. The van der Waals surface area contributed by atoms with E-state index in [1.54, 1.807) is 17.0 Å². The fourth-order valence-electron chi connectivity index (χ4n) is 3.29. The molecule has 9 heteroatoms. The molecule has 0 aliphatic carbocycles. The van der Waals surface area contributed by atoms with Crippen LogP contribution in [0.2, 0.25) is 0 Å². The quantitative estimate of drug-likeness (QED) is 0.637. The predicted molar refractivity (Wildman–Crippen MR) is 98.9 cm³/mol. The Morgan fingerprint density at radius 3 is 2.86 bits per heavy atom. The maximum absolute atomic E-state index is 12.9. The number of ether oxygens (including phenoxy) is 1. The fourth-order valence-corrected chi connectivity index (χ4v) is 4.31. The zero-order valence-corrected chi connectivity index (χ0v) is 16.5. The number of likely N-dealkylation sites (tertiary alicyclic amines) is 1. The number of aromatic nitrogens is 1. The number of alkyl halides is 3. The highest BCUT2D eigenvalue weighted by atomic mass is 32.1. The van der Waals surface area contributed by atoms with Gasteiger partial charge in [0.2, 0.25) is 5.76 Å². The zero-order valence-electron chi connectivity index (χ0n) is 15.6. The van der Waals surface area contributed by atoms with Crippen LogP contribution in [0.5, 0.6) is 0 Å². The van der Waals surface area contributed by atoms with Crippen LogP contribution in [0.3, 0.4) is 0 Å². The van der Waals surface area contributed by atoms with E-state index in [1.165, 1.54) is 6.92 Å². The first-order chi connectivity index (χ1) is 13.2. The number of rotatable bonds is 5. The van der Waals surface area contributed by atoms with Gasteiger partial charge in [-0.25, -0.2) is 0 Å². The summed E-state index contributed by atoms with van der Waals surface area (Å²) in [5.74, 6) is -0.492. The van der Waals surface area contributed by atoms with E-state index in [4.69, 9.17) is 4.74 Å². The van der Waals surface area contributed by atoms with Crippen molar-refractivity contribution in [1.82, 2.24) is 10.1 Å². The number of hydrogen-bond donors (Lipinski definition) is 0. The van der Waals surface area contributed by atoms with Crippen LogP contribution in [-0.2, 0) is 10.9 Å². The summed E-state index contributed by atoms with van der Waals surface area (Å²) in [6, 6.07) is 3.22. The Hall–Kier alpha value is -2.29. The molecule has 1 aliphatic heterocycles. The van der Waals surface area contributed by atoms with Crippen molar-refractivity contribution in [2.45, 2.75) is 32.9 Å². The minimum Gasteiger partial charge on any atom is -0.498 e. The molecule has 0 radical (unpaired) electrons. The summed E-state index contributed by atoms with van der Waals surface area (Å²) < 4.78 is 48.7. The number of carbonyl (C=O) groups excluding carboxylic acids is 1. The topological polar surface area (TPSA) is 55.6 Å². The lowest BCUT2D eigenvalue weighted by Gasteiger charge is -2.33. The van der Waals surface area contributed by atoms with Crippen LogP contribution in [0.1, 0.15) is 40.8 Å². The zero-order chi connectivity index (χ0) is 20.5. The molecule has 0 spiro atoms. The van der Waals surface area contributed by atoms with Gasteiger partial charge in [-0.05, 0) is 38.8 Å². The fraction of sp³-hybridized carbons (Fsp3) is 0.474. The summed E-state index contributed by atoms with van der Waals surface area (Å²) >= 11 is 1.11. The van der Waals surface area contributed by atoms with Gasteiger partial charge in [-0.1, -0.05) is 11.7 Å². The van der Waals surface area contributed by atoms with Crippen LogP contribution in [0.25, 0.3) is 10.6 Å². The second-order valence-corrected chi connectivity index (χ2v) is 7.72. The average molecular weight is 414 g/mol. The maximum atomic E-state index is 12.9. The number of thiophene rings is 1. The van der Waals surface area contributed by atoms with Crippen LogP contribution in [0, 0.1) is 12.8 Å². The first-order valence-corrected chi connectivity index (χ1v) is 9.78. The molecule has 152 valence electrons. The lowest BCUT2D eigenvalue weighted by atomic mass is 9.96. The third-order valence-corrected chi connectivity index (χ3v) is 5.81. The van der Waals surface area contributed by atoms with Gasteiger partial charge in [0, 0.05) is 24.6 Å². The van der Waals surface area contributed by atoms with Crippen molar-refractivity contribution in [1.29, 1.82) is 0 Å². The third kappa shape index (κ3) is 4.09. The summed E-state index contributed by atoms with van der Waals surface area (Å²) in [5, 5.41) is 3.56. The van der Waals surface area contributed by atoms with E-state index in [1.807, 2.05) is 6.92 Å². The van der Waals surface area contributed by atoms with Crippen LogP contribution in [0.15, 0.2) is 29.0 Å². The van der Waals surface area contributed by atoms with E-state index in [9.17, 15) is 18.0 Å². The van der Waals surface area contributed by atoms with Crippen molar-refractivity contribution >= 4 is 17.2 Å². The Morgan fingerprint density at radius 2 is 2.21 bits per heavy atom. The third-order valence-electron chi connectivity index (χ3n) is 4.73. The Kier molecular flexibility index (Phi) is 5.83. The summed E-state index contributed by atoms with van der Waals surface area (Å²) in [5.41, 5.74) is 0.0250. The molecular formula is C19H21F3N2O3S. The molecular weight excluding hydrogens is 393 g/mol. The van der Waals surface area contributed by atoms with Crippen molar-refractivity contribution in [3.63, 3.8) is 0 Å². The highest BCUT2D eigenvalue weighted by molar-refractivity contribution is 7.17. The van der Waals surface area contributed by atoms with E-state index < -0.39 is 11.9 Å². The molecule has 28 heavy (non-hydrogen) atoms. The van der Waals surface area contributed by atoms with Gasteiger partial charge >= 0.3 is 6.18 Å². The average Bonchev–Trinajstić information content (AvgIpc) is 3.27. The highest BCUT2D eigenvalue weighted by Gasteiger charge is 2.39. The lowest BCUT2D eigenvalue weighted by molar-refractivity contribution is -0.156. The number of hydrogen-bond acceptors (Lipinski definition) is 5. The van der Waals surface area contributed by atoms with Crippen LogP contribution >= 0.6 is 11.3 Å². The molecule has 0 saturated carbocycles. The molecule has 0 unspecified atom stereocenters. The van der Waals surface area contributed by atoms with Crippen molar-refractivity contribution in [2.75, 3.05) is 19.7 Å². The van der Waals surface area contributed by atoms with Gasteiger partial charge in [-0.3, -0.25) is 4.79 Å². The highest BCUT2D eigenvalue weighted by Crippen LogP contribution is 2.38. The normalized spacial score (nSPS) is 17.6. The Bertz CT molecular complexity index is 872. The standard InChI is InChI=1S/C19H21F3N2O3S/c1-4-26-12(3)13-6-5-9-24(10-13)18(25)15-8-7-14(28-15)16-11(2)17(27-23-16)19(20,21)22/h7-8,13H,3-6,9-10H2,1-2H3/t13-/m1/s1. The Labute approximate surface area is 164 Å². The number of nitrogens with zero attached hydrogens (tertiary/aromatic N) is 2.